The molecule has 3 aromatic rings. The number of hydrogen-bond donors (Lipinski definition) is 1. The molecule has 0 saturated carbocycles. The Morgan fingerprint density at radius 1 is 1.14 bits per heavy atom. The molecule has 1 unspecified atom stereocenters. The predicted molar refractivity (Wildman–Crippen MR) is 105 cm³/mol. The molecule has 1 fully saturated rings. The fraction of sp³-hybridized carbons (Fsp3) is 0.238. The maximum atomic E-state index is 12.6. The van der Waals surface area contributed by atoms with Crippen molar-refractivity contribution >= 4 is 23.2 Å². The quantitative estimate of drug-likeness (QED) is 0.754. The molecule has 142 valence electrons. The summed E-state index contributed by atoms with van der Waals surface area (Å²) < 4.78 is 5.14. The van der Waals surface area contributed by atoms with Crippen LogP contribution in [0, 0.1) is 19.8 Å². The smallest absolute Gasteiger partial charge is 0.257 e. The van der Waals surface area contributed by atoms with Gasteiger partial charge in [0.05, 0.1) is 5.92 Å². The maximum absolute atomic E-state index is 12.6. The number of hydrogen-bond acceptors (Lipinski definition) is 5. The number of amides is 2. The van der Waals surface area contributed by atoms with E-state index in [9.17, 15) is 9.59 Å². The number of nitrogens with zero attached hydrogens (tertiary/aromatic N) is 3. The van der Waals surface area contributed by atoms with Crippen LogP contribution >= 0.6 is 0 Å². The summed E-state index contributed by atoms with van der Waals surface area (Å²) in [6.07, 6.45) is 0.208. The summed E-state index contributed by atoms with van der Waals surface area (Å²) in [6.45, 7) is 4.10. The van der Waals surface area contributed by atoms with Crippen LogP contribution in [0.5, 0.6) is 0 Å². The first kappa shape index (κ1) is 17.9. The number of rotatable bonds is 4. The highest BCUT2D eigenvalue weighted by Crippen LogP contribution is 2.28. The molecule has 4 rings (SSSR count). The Kier molecular flexibility index (Phi) is 4.65. The molecule has 0 radical (unpaired) electrons. The van der Waals surface area contributed by atoms with E-state index >= 15 is 0 Å². The van der Waals surface area contributed by atoms with Gasteiger partial charge in [-0.25, -0.2) is 0 Å². The predicted octanol–water partition coefficient (Wildman–Crippen LogP) is 3.35. The van der Waals surface area contributed by atoms with Crippen molar-refractivity contribution < 1.29 is 14.1 Å². The summed E-state index contributed by atoms with van der Waals surface area (Å²) in [5, 5.41) is 6.66. The third-order valence-electron chi connectivity index (χ3n) is 4.83. The van der Waals surface area contributed by atoms with Crippen molar-refractivity contribution in [3.63, 3.8) is 0 Å². The van der Waals surface area contributed by atoms with Crippen molar-refractivity contribution in [3.05, 3.63) is 59.9 Å². The third-order valence-corrected chi connectivity index (χ3v) is 4.83. The Morgan fingerprint density at radius 2 is 1.89 bits per heavy atom. The first-order valence-corrected chi connectivity index (χ1v) is 9.09. The van der Waals surface area contributed by atoms with Crippen molar-refractivity contribution in [2.75, 3.05) is 16.8 Å². The van der Waals surface area contributed by atoms with E-state index in [1.54, 1.807) is 24.0 Å². The zero-order valence-corrected chi connectivity index (χ0v) is 15.7. The van der Waals surface area contributed by atoms with Gasteiger partial charge in [-0.1, -0.05) is 23.4 Å². The molecule has 1 aromatic heterocycles. The average Bonchev–Trinajstić information content (AvgIpc) is 3.29. The van der Waals surface area contributed by atoms with Gasteiger partial charge in [0.2, 0.25) is 11.8 Å². The van der Waals surface area contributed by atoms with Crippen molar-refractivity contribution in [1.29, 1.82) is 0 Å². The number of carbonyl (C=O) groups excluding carboxylic acids is 2. The Balaban J connectivity index is 1.43. The summed E-state index contributed by atoms with van der Waals surface area (Å²) in [5.74, 6) is 0.426. The fourth-order valence-corrected chi connectivity index (χ4v) is 3.34. The van der Waals surface area contributed by atoms with Gasteiger partial charge in [0.25, 0.3) is 5.89 Å². The monoisotopic (exact) mass is 376 g/mol. The molecular formula is C21H20N4O3. The molecule has 1 aliphatic heterocycles. The van der Waals surface area contributed by atoms with E-state index < -0.39 is 0 Å². The Labute approximate surface area is 162 Å². The second-order valence-electron chi connectivity index (χ2n) is 6.91. The zero-order valence-electron chi connectivity index (χ0n) is 15.7. The highest BCUT2D eigenvalue weighted by molar-refractivity contribution is 6.03. The molecule has 7 nitrogen and oxygen atoms in total. The van der Waals surface area contributed by atoms with Crippen LogP contribution in [-0.4, -0.2) is 28.5 Å². The molecule has 0 spiro atoms. The number of anilines is 2. The summed E-state index contributed by atoms with van der Waals surface area (Å²) >= 11 is 0. The highest BCUT2D eigenvalue weighted by atomic mass is 16.5. The minimum atomic E-state index is -0.384. The van der Waals surface area contributed by atoms with Gasteiger partial charge in [0.1, 0.15) is 0 Å². The van der Waals surface area contributed by atoms with Crippen molar-refractivity contribution in [2.45, 2.75) is 20.3 Å². The zero-order chi connectivity index (χ0) is 19.7. The topological polar surface area (TPSA) is 88.3 Å². The molecule has 2 aromatic carbocycles. The van der Waals surface area contributed by atoms with Crippen LogP contribution in [0.15, 0.2) is 53.1 Å². The number of aromatic nitrogens is 2. The molecule has 0 bridgehead atoms. The van der Waals surface area contributed by atoms with E-state index in [-0.39, 0.29) is 24.2 Å². The van der Waals surface area contributed by atoms with Gasteiger partial charge in [-0.2, -0.15) is 4.98 Å². The molecule has 2 amide bonds. The Hall–Kier alpha value is -3.48. The van der Waals surface area contributed by atoms with Gasteiger partial charge in [0.15, 0.2) is 5.82 Å². The molecule has 7 heteroatoms. The first-order chi connectivity index (χ1) is 13.5. The lowest BCUT2D eigenvalue weighted by atomic mass is 10.1. The van der Waals surface area contributed by atoms with E-state index in [2.05, 4.69) is 15.5 Å². The summed E-state index contributed by atoms with van der Waals surface area (Å²) in [6, 6.07) is 14.9. The maximum Gasteiger partial charge on any atom is 0.257 e. The SMILES string of the molecule is Cc1noc(-c2ccc(NC(=O)C3CC(=O)N(c4ccccc4C)C3)cc2)n1. The van der Waals surface area contributed by atoms with Gasteiger partial charge in [-0.15, -0.1) is 0 Å². The number of aryl methyl sites for hydroxylation is 2. The van der Waals surface area contributed by atoms with Crippen LogP contribution in [-0.2, 0) is 9.59 Å². The number of benzene rings is 2. The van der Waals surface area contributed by atoms with Gasteiger partial charge in [-0.05, 0) is 49.7 Å². The van der Waals surface area contributed by atoms with E-state index in [1.807, 2.05) is 43.3 Å². The fourth-order valence-electron chi connectivity index (χ4n) is 3.34. The van der Waals surface area contributed by atoms with E-state index in [1.165, 1.54) is 0 Å². The minimum Gasteiger partial charge on any atom is -0.334 e. The minimum absolute atomic E-state index is 0.0310. The van der Waals surface area contributed by atoms with Gasteiger partial charge >= 0.3 is 0 Å². The second kappa shape index (κ2) is 7.26. The van der Waals surface area contributed by atoms with Gasteiger partial charge in [0, 0.05) is 29.9 Å². The van der Waals surface area contributed by atoms with Crippen LogP contribution in [0.4, 0.5) is 11.4 Å². The van der Waals surface area contributed by atoms with Crippen LogP contribution in [0.3, 0.4) is 0 Å². The van der Waals surface area contributed by atoms with E-state index in [0.29, 0.717) is 23.9 Å². The highest BCUT2D eigenvalue weighted by Gasteiger charge is 2.35. The molecule has 1 aliphatic rings. The molecule has 2 heterocycles. The van der Waals surface area contributed by atoms with E-state index in [0.717, 1.165) is 16.8 Å². The number of carbonyl (C=O) groups is 2. The number of para-hydroxylation sites is 1. The average molecular weight is 376 g/mol. The first-order valence-electron chi connectivity index (χ1n) is 9.09. The van der Waals surface area contributed by atoms with Crippen LogP contribution in [0.2, 0.25) is 0 Å². The summed E-state index contributed by atoms with van der Waals surface area (Å²) in [5.41, 5.74) is 3.32. The molecule has 28 heavy (non-hydrogen) atoms. The lowest BCUT2D eigenvalue weighted by Crippen LogP contribution is -2.28. The lowest BCUT2D eigenvalue weighted by Gasteiger charge is -2.19. The molecular weight excluding hydrogens is 356 g/mol. The second-order valence-corrected chi connectivity index (χ2v) is 6.91. The van der Waals surface area contributed by atoms with Gasteiger partial charge < -0.3 is 14.7 Å². The third kappa shape index (κ3) is 3.51. The van der Waals surface area contributed by atoms with Gasteiger partial charge in [-0.3, -0.25) is 9.59 Å². The van der Waals surface area contributed by atoms with Crippen LogP contribution < -0.4 is 10.2 Å². The molecule has 1 saturated heterocycles. The Morgan fingerprint density at radius 3 is 2.57 bits per heavy atom. The van der Waals surface area contributed by atoms with Crippen molar-refractivity contribution in [1.82, 2.24) is 10.1 Å². The molecule has 1 atom stereocenters. The molecule has 1 N–H and O–H groups in total. The van der Waals surface area contributed by atoms with Crippen LogP contribution in [0.1, 0.15) is 17.8 Å². The normalized spacial score (nSPS) is 16.4. The summed E-state index contributed by atoms with van der Waals surface area (Å²) in [4.78, 5) is 30.9. The summed E-state index contributed by atoms with van der Waals surface area (Å²) in [7, 11) is 0. The van der Waals surface area contributed by atoms with Crippen molar-refractivity contribution in [3.8, 4) is 11.5 Å². The standard InChI is InChI=1S/C21H20N4O3/c1-13-5-3-4-6-18(13)25-12-16(11-19(25)26)20(27)23-17-9-7-15(8-10-17)21-22-14(2)24-28-21/h3-10,16H,11-12H2,1-2H3,(H,23,27). The van der Waals surface area contributed by atoms with Crippen molar-refractivity contribution in [2.24, 2.45) is 5.92 Å². The molecule has 0 aliphatic carbocycles. The van der Waals surface area contributed by atoms with Crippen LogP contribution in [0.25, 0.3) is 11.5 Å². The number of nitrogens with one attached hydrogen (secondary N) is 1. The lowest BCUT2D eigenvalue weighted by molar-refractivity contribution is -0.122. The Bertz CT molecular complexity index is 1030. The largest absolute Gasteiger partial charge is 0.334 e. The van der Waals surface area contributed by atoms with E-state index in [4.69, 9.17) is 4.52 Å².